The van der Waals surface area contributed by atoms with Gasteiger partial charge in [-0.25, -0.2) is 4.98 Å². The van der Waals surface area contributed by atoms with Crippen LogP contribution in [0.3, 0.4) is 0 Å². The molecule has 1 unspecified atom stereocenters. The van der Waals surface area contributed by atoms with Gasteiger partial charge in [0.2, 0.25) is 5.13 Å². The molecule has 0 aliphatic rings. The average molecular weight is 311 g/mol. The highest BCUT2D eigenvalue weighted by Gasteiger charge is 2.52. The van der Waals surface area contributed by atoms with Crippen LogP contribution in [0, 0.1) is 0 Å². The molecule has 0 fully saturated rings. The maximum absolute atomic E-state index is 12.9. The van der Waals surface area contributed by atoms with E-state index in [1.807, 2.05) is 6.92 Å². The number of aliphatic hydroxyl groups is 1. The Hall–Kier alpha value is -1.35. The van der Waals surface area contributed by atoms with E-state index in [9.17, 15) is 18.3 Å². The summed E-state index contributed by atoms with van der Waals surface area (Å²) in [7, 11) is 0. The summed E-state index contributed by atoms with van der Waals surface area (Å²) in [6.07, 6.45) is -2.82. The van der Waals surface area contributed by atoms with E-state index in [-0.39, 0.29) is 11.7 Å². The van der Waals surface area contributed by atoms with Gasteiger partial charge >= 0.3 is 6.18 Å². The van der Waals surface area contributed by atoms with Crippen molar-refractivity contribution < 1.29 is 23.0 Å². The van der Waals surface area contributed by atoms with E-state index in [0.29, 0.717) is 18.3 Å². The maximum Gasteiger partial charge on any atom is 0.422 e. The van der Waals surface area contributed by atoms with Crippen molar-refractivity contribution in [3.8, 4) is 0 Å². The van der Waals surface area contributed by atoms with Crippen molar-refractivity contribution in [2.75, 3.05) is 18.5 Å². The topological polar surface area (TPSA) is 67.3 Å². The molecule has 0 amide bonds. The first-order valence-electron chi connectivity index (χ1n) is 5.97. The van der Waals surface area contributed by atoms with Crippen molar-refractivity contribution in [3.05, 3.63) is 18.2 Å². The van der Waals surface area contributed by atoms with Crippen LogP contribution in [0.4, 0.5) is 18.3 Å². The number of anilines is 1. The minimum Gasteiger partial charge on any atom is -0.502 e. The van der Waals surface area contributed by atoms with Crippen LogP contribution < -0.4 is 5.32 Å². The van der Waals surface area contributed by atoms with Crippen molar-refractivity contribution in [2.24, 2.45) is 0 Å². The summed E-state index contributed by atoms with van der Waals surface area (Å²) in [5.41, 5.74) is -3.03. The second-order valence-corrected chi connectivity index (χ2v) is 4.65. The fourth-order valence-corrected chi connectivity index (χ4v) is 1.83. The van der Waals surface area contributed by atoms with Crippen molar-refractivity contribution in [3.63, 3.8) is 0 Å². The Bertz CT molecular complexity index is 450. The van der Waals surface area contributed by atoms with E-state index in [4.69, 9.17) is 4.74 Å². The van der Waals surface area contributed by atoms with Gasteiger partial charge in [0, 0.05) is 18.0 Å². The third kappa shape index (κ3) is 4.34. The van der Waals surface area contributed by atoms with Crippen LogP contribution in [-0.4, -0.2) is 39.4 Å². The summed E-state index contributed by atoms with van der Waals surface area (Å²) in [4.78, 5) is 3.97. The highest BCUT2D eigenvalue weighted by atomic mass is 32.1. The third-order valence-electron chi connectivity index (χ3n) is 2.39. The number of hydrogen-bond acceptors (Lipinski definition) is 6. The number of nitrogens with zero attached hydrogens (tertiary/aromatic N) is 2. The highest BCUT2D eigenvalue weighted by Crippen LogP contribution is 2.32. The van der Waals surface area contributed by atoms with Gasteiger partial charge in [-0.1, -0.05) is 6.92 Å². The Morgan fingerprint density at radius 2 is 2.10 bits per heavy atom. The molecular formula is C11H16F3N3O2S. The number of aryl methyl sites for hydroxylation is 1. The number of ether oxygens (including phenoxy) is 1. The first-order chi connectivity index (χ1) is 9.32. The zero-order valence-electron chi connectivity index (χ0n) is 11.1. The molecule has 0 aliphatic carbocycles. The predicted octanol–water partition coefficient (Wildman–Crippen LogP) is 2.36. The lowest BCUT2D eigenvalue weighted by Gasteiger charge is -2.27. The Morgan fingerprint density at radius 3 is 2.60 bits per heavy atom. The fourth-order valence-electron chi connectivity index (χ4n) is 1.19. The van der Waals surface area contributed by atoms with Gasteiger partial charge in [0.25, 0.3) is 0 Å². The molecule has 0 aliphatic heterocycles. The van der Waals surface area contributed by atoms with Gasteiger partial charge < -0.3 is 15.2 Å². The van der Waals surface area contributed by atoms with Crippen molar-refractivity contribution in [2.45, 2.75) is 32.0 Å². The predicted molar refractivity (Wildman–Crippen MR) is 69.5 cm³/mol. The zero-order valence-corrected chi connectivity index (χ0v) is 11.9. The van der Waals surface area contributed by atoms with Gasteiger partial charge in [0.15, 0.2) is 5.60 Å². The van der Waals surface area contributed by atoms with Gasteiger partial charge in [-0.2, -0.15) is 17.5 Å². The molecule has 1 heterocycles. The van der Waals surface area contributed by atoms with E-state index >= 15 is 0 Å². The normalized spacial score (nSPS) is 15.3. The lowest BCUT2D eigenvalue weighted by Crippen LogP contribution is -2.49. The van der Waals surface area contributed by atoms with Gasteiger partial charge in [-0.3, -0.25) is 0 Å². The monoisotopic (exact) mass is 311 g/mol. The molecule has 0 radical (unpaired) electrons. The van der Waals surface area contributed by atoms with E-state index in [1.165, 1.54) is 0 Å². The molecule has 2 N–H and O–H groups in total. The summed E-state index contributed by atoms with van der Waals surface area (Å²) in [6.45, 7) is 2.91. The molecule has 0 bridgehead atoms. The van der Waals surface area contributed by atoms with Gasteiger partial charge in [-0.15, -0.1) is 0 Å². The smallest absolute Gasteiger partial charge is 0.422 e. The second kappa shape index (κ2) is 6.89. The van der Waals surface area contributed by atoms with E-state index in [2.05, 4.69) is 14.7 Å². The van der Waals surface area contributed by atoms with E-state index in [1.54, 1.807) is 6.92 Å². The summed E-state index contributed by atoms with van der Waals surface area (Å²) in [5, 5.41) is 12.4. The molecule has 9 heteroatoms. The van der Waals surface area contributed by atoms with Gasteiger partial charge in [0.1, 0.15) is 5.82 Å². The molecule has 114 valence electrons. The van der Waals surface area contributed by atoms with E-state index in [0.717, 1.165) is 17.8 Å². The molecule has 0 saturated heterocycles. The summed E-state index contributed by atoms with van der Waals surface area (Å²) in [5.74, 6) is 0.540. The first-order valence-corrected chi connectivity index (χ1v) is 6.74. The van der Waals surface area contributed by atoms with Crippen LogP contribution in [0.5, 0.6) is 0 Å². The lowest BCUT2D eigenvalue weighted by molar-refractivity contribution is -0.234. The summed E-state index contributed by atoms with van der Waals surface area (Å²) < 4.78 is 47.3. The Kier molecular flexibility index (Phi) is 5.75. The van der Waals surface area contributed by atoms with Crippen molar-refractivity contribution in [1.82, 2.24) is 9.36 Å². The number of alkyl halides is 3. The number of rotatable bonds is 7. The minimum absolute atomic E-state index is 0.216. The third-order valence-corrected chi connectivity index (χ3v) is 3.10. The number of halogens is 3. The molecule has 0 spiro atoms. The van der Waals surface area contributed by atoms with Crippen LogP contribution >= 0.6 is 11.5 Å². The SMILES string of the molecule is CCOC=CC(O)(CNc1nc(CC)ns1)C(F)(F)F. The fraction of sp³-hybridized carbons (Fsp3) is 0.636. The second-order valence-electron chi connectivity index (χ2n) is 3.90. The zero-order chi connectivity index (χ0) is 15.2. The molecule has 0 saturated carbocycles. The number of hydrogen-bond donors (Lipinski definition) is 2. The molecule has 5 nitrogen and oxygen atoms in total. The first kappa shape index (κ1) is 16.7. The molecule has 1 atom stereocenters. The van der Waals surface area contributed by atoms with Gasteiger partial charge in [0.05, 0.1) is 19.4 Å². The molecular weight excluding hydrogens is 295 g/mol. The van der Waals surface area contributed by atoms with Crippen molar-refractivity contribution in [1.29, 1.82) is 0 Å². The standard InChI is InChI=1S/C11H16F3N3O2S/c1-3-8-16-9(20-17-8)15-7-10(18,11(12,13)14)5-6-19-4-2/h5-6,18H,3-4,7H2,1-2H3,(H,15,16,17). The Labute approximate surface area is 118 Å². The molecule has 1 rings (SSSR count). The Balaban J connectivity index is 2.74. The summed E-state index contributed by atoms with van der Waals surface area (Å²) >= 11 is 0.948. The Morgan fingerprint density at radius 1 is 1.40 bits per heavy atom. The van der Waals surface area contributed by atoms with Crippen LogP contribution in [-0.2, 0) is 11.2 Å². The van der Waals surface area contributed by atoms with Crippen molar-refractivity contribution >= 4 is 16.7 Å². The number of aromatic nitrogens is 2. The lowest BCUT2D eigenvalue weighted by atomic mass is 10.0. The van der Waals surface area contributed by atoms with Crippen LogP contribution in [0.15, 0.2) is 12.3 Å². The van der Waals surface area contributed by atoms with E-state index < -0.39 is 18.3 Å². The van der Waals surface area contributed by atoms with Crippen LogP contribution in [0.25, 0.3) is 0 Å². The van der Waals surface area contributed by atoms with Crippen LogP contribution in [0.1, 0.15) is 19.7 Å². The molecule has 1 aromatic rings. The molecule has 0 aromatic carbocycles. The highest BCUT2D eigenvalue weighted by molar-refractivity contribution is 7.09. The quantitative estimate of drug-likeness (QED) is 0.757. The number of nitrogens with one attached hydrogen (secondary N) is 1. The molecule has 20 heavy (non-hydrogen) atoms. The van der Waals surface area contributed by atoms with Crippen LogP contribution in [0.2, 0.25) is 0 Å². The average Bonchev–Trinajstić information content (AvgIpc) is 2.83. The van der Waals surface area contributed by atoms with Gasteiger partial charge in [-0.05, 0) is 13.0 Å². The molecule has 1 aromatic heterocycles. The summed E-state index contributed by atoms with van der Waals surface area (Å²) in [6, 6.07) is 0. The maximum atomic E-state index is 12.9. The minimum atomic E-state index is -4.83. The largest absolute Gasteiger partial charge is 0.502 e.